The van der Waals surface area contributed by atoms with Gasteiger partial charge in [-0.15, -0.1) is 0 Å². The van der Waals surface area contributed by atoms with E-state index >= 15 is 0 Å². The van der Waals surface area contributed by atoms with Gasteiger partial charge in [0.05, 0.1) is 11.7 Å². The molecular weight excluding hydrogens is 210 g/mol. The van der Waals surface area contributed by atoms with Gasteiger partial charge in [-0.05, 0) is 65.3 Å². The number of hydrogen-bond acceptors (Lipinski definition) is 2. The molecule has 17 heavy (non-hydrogen) atoms. The summed E-state index contributed by atoms with van der Waals surface area (Å²) in [5.74, 6) is 0. The molecule has 0 spiro atoms. The minimum atomic E-state index is 0.109. The lowest BCUT2D eigenvalue weighted by molar-refractivity contribution is -0.0140. The fourth-order valence-electron chi connectivity index (χ4n) is 2.87. The first kappa shape index (κ1) is 13.1. The Bertz CT molecular complexity index is 270. The molecule has 2 rings (SSSR count). The summed E-state index contributed by atoms with van der Waals surface area (Å²) in [4.78, 5) is 0. The van der Waals surface area contributed by atoms with Crippen molar-refractivity contribution in [3.05, 3.63) is 11.6 Å². The number of nitrogens with one attached hydrogen (secondary N) is 1. The molecule has 2 nitrogen and oxygen atoms in total. The van der Waals surface area contributed by atoms with Crippen molar-refractivity contribution in [1.29, 1.82) is 0 Å². The number of ether oxygens (including phenoxy) is 1. The lowest BCUT2D eigenvalue weighted by Gasteiger charge is -2.19. The van der Waals surface area contributed by atoms with Gasteiger partial charge < -0.3 is 10.1 Å². The van der Waals surface area contributed by atoms with Crippen molar-refractivity contribution in [3.8, 4) is 0 Å². The maximum Gasteiger partial charge on any atom is 0.0707 e. The maximum atomic E-state index is 5.96. The molecule has 0 aromatic heterocycles. The van der Waals surface area contributed by atoms with Gasteiger partial charge in [0.25, 0.3) is 0 Å². The Morgan fingerprint density at radius 1 is 1.41 bits per heavy atom. The first-order valence-electron chi connectivity index (χ1n) is 7.22. The summed E-state index contributed by atoms with van der Waals surface area (Å²) in [5, 5.41) is 3.55. The fraction of sp³-hybridized carbons (Fsp3) is 0.867. The molecule has 1 N–H and O–H groups in total. The van der Waals surface area contributed by atoms with Crippen molar-refractivity contribution < 1.29 is 4.74 Å². The molecule has 2 heteroatoms. The van der Waals surface area contributed by atoms with Crippen molar-refractivity contribution >= 4 is 0 Å². The molecule has 0 aromatic carbocycles. The van der Waals surface area contributed by atoms with E-state index in [9.17, 15) is 0 Å². The molecule has 0 aromatic rings. The largest absolute Gasteiger partial charge is 0.371 e. The van der Waals surface area contributed by atoms with Gasteiger partial charge >= 0.3 is 0 Å². The lowest BCUT2D eigenvalue weighted by atomic mass is 9.97. The molecule has 1 atom stereocenters. The zero-order valence-corrected chi connectivity index (χ0v) is 11.4. The van der Waals surface area contributed by atoms with Gasteiger partial charge in [-0.1, -0.05) is 11.6 Å². The Kier molecular flexibility index (Phi) is 4.63. The van der Waals surface area contributed by atoms with Crippen LogP contribution in [0.2, 0.25) is 0 Å². The third-order valence-electron chi connectivity index (χ3n) is 3.93. The Labute approximate surface area is 106 Å². The Morgan fingerprint density at radius 3 is 2.94 bits per heavy atom. The minimum Gasteiger partial charge on any atom is -0.371 e. The molecule has 1 heterocycles. The normalized spacial score (nSPS) is 28.1. The molecule has 0 bridgehead atoms. The van der Waals surface area contributed by atoms with Crippen LogP contribution in [0.3, 0.4) is 0 Å². The summed E-state index contributed by atoms with van der Waals surface area (Å²) in [7, 11) is 0. The molecule has 0 saturated carbocycles. The zero-order chi connectivity index (χ0) is 12.1. The SMILES string of the molecule is CC1(C)CCC(CNCCC2=CCCCC2)O1. The Hall–Kier alpha value is -0.340. The quantitative estimate of drug-likeness (QED) is 0.584. The highest BCUT2D eigenvalue weighted by atomic mass is 16.5. The molecule has 1 unspecified atom stereocenters. The van der Waals surface area contributed by atoms with E-state index in [4.69, 9.17) is 4.74 Å². The van der Waals surface area contributed by atoms with E-state index in [1.165, 1.54) is 44.9 Å². The van der Waals surface area contributed by atoms with Gasteiger partial charge in [0.2, 0.25) is 0 Å². The molecule has 1 aliphatic heterocycles. The molecule has 0 radical (unpaired) electrons. The van der Waals surface area contributed by atoms with Crippen LogP contribution in [-0.4, -0.2) is 24.8 Å². The van der Waals surface area contributed by atoms with Gasteiger partial charge in [-0.2, -0.15) is 0 Å². The van der Waals surface area contributed by atoms with E-state index in [1.54, 1.807) is 5.57 Å². The van der Waals surface area contributed by atoms with Crippen molar-refractivity contribution in [2.24, 2.45) is 0 Å². The molecule has 1 saturated heterocycles. The van der Waals surface area contributed by atoms with E-state index in [0.29, 0.717) is 6.10 Å². The summed E-state index contributed by atoms with van der Waals surface area (Å²) >= 11 is 0. The zero-order valence-electron chi connectivity index (χ0n) is 11.4. The van der Waals surface area contributed by atoms with Crippen LogP contribution >= 0.6 is 0 Å². The minimum absolute atomic E-state index is 0.109. The van der Waals surface area contributed by atoms with Crippen molar-refractivity contribution in [2.75, 3.05) is 13.1 Å². The second-order valence-corrected chi connectivity index (χ2v) is 6.10. The van der Waals surface area contributed by atoms with Crippen molar-refractivity contribution in [3.63, 3.8) is 0 Å². The summed E-state index contributed by atoms with van der Waals surface area (Å²) in [5.41, 5.74) is 1.77. The average molecular weight is 237 g/mol. The average Bonchev–Trinajstić information content (AvgIpc) is 2.66. The van der Waals surface area contributed by atoms with Crippen molar-refractivity contribution in [2.45, 2.75) is 70.5 Å². The van der Waals surface area contributed by atoms with Gasteiger partial charge in [-0.25, -0.2) is 0 Å². The second kappa shape index (κ2) is 6.01. The summed E-state index contributed by atoms with van der Waals surface area (Å²) in [6, 6.07) is 0. The smallest absolute Gasteiger partial charge is 0.0707 e. The number of hydrogen-bond donors (Lipinski definition) is 1. The summed E-state index contributed by atoms with van der Waals surface area (Å²) in [6.45, 7) is 6.53. The van der Waals surface area contributed by atoms with E-state index in [0.717, 1.165) is 13.1 Å². The van der Waals surface area contributed by atoms with Crippen LogP contribution in [0.5, 0.6) is 0 Å². The maximum absolute atomic E-state index is 5.96. The predicted molar refractivity (Wildman–Crippen MR) is 72.2 cm³/mol. The Balaban J connectivity index is 1.56. The van der Waals surface area contributed by atoms with E-state index < -0.39 is 0 Å². The molecular formula is C15H27NO. The highest BCUT2D eigenvalue weighted by Gasteiger charge is 2.30. The Morgan fingerprint density at radius 2 is 2.29 bits per heavy atom. The highest BCUT2D eigenvalue weighted by Crippen LogP contribution is 2.28. The van der Waals surface area contributed by atoms with Gasteiger partial charge in [0.1, 0.15) is 0 Å². The predicted octanol–water partition coefficient (Wildman–Crippen LogP) is 3.42. The summed E-state index contributed by atoms with van der Waals surface area (Å²) in [6.07, 6.45) is 11.9. The molecule has 2 aliphatic rings. The first-order chi connectivity index (χ1) is 8.16. The molecule has 1 aliphatic carbocycles. The molecule has 98 valence electrons. The second-order valence-electron chi connectivity index (χ2n) is 6.10. The monoisotopic (exact) mass is 237 g/mol. The molecule has 0 amide bonds. The summed E-state index contributed by atoms with van der Waals surface area (Å²) < 4.78 is 5.96. The van der Waals surface area contributed by atoms with Crippen LogP contribution in [0, 0.1) is 0 Å². The highest BCUT2D eigenvalue weighted by molar-refractivity contribution is 5.05. The fourth-order valence-corrected chi connectivity index (χ4v) is 2.87. The molecule has 1 fully saturated rings. The van der Waals surface area contributed by atoms with Gasteiger partial charge in [-0.3, -0.25) is 0 Å². The van der Waals surface area contributed by atoms with Crippen molar-refractivity contribution in [1.82, 2.24) is 5.32 Å². The third kappa shape index (κ3) is 4.44. The van der Waals surface area contributed by atoms with Gasteiger partial charge in [0, 0.05) is 6.54 Å². The van der Waals surface area contributed by atoms with Crippen LogP contribution < -0.4 is 5.32 Å². The first-order valence-corrected chi connectivity index (χ1v) is 7.22. The van der Waals surface area contributed by atoms with E-state index in [2.05, 4.69) is 25.2 Å². The topological polar surface area (TPSA) is 21.3 Å². The van der Waals surface area contributed by atoms with Crippen LogP contribution in [0.4, 0.5) is 0 Å². The van der Waals surface area contributed by atoms with Crippen LogP contribution in [0.25, 0.3) is 0 Å². The van der Waals surface area contributed by atoms with Crippen LogP contribution in [0.15, 0.2) is 11.6 Å². The van der Waals surface area contributed by atoms with E-state index in [1.807, 2.05) is 0 Å². The van der Waals surface area contributed by atoms with Gasteiger partial charge in [0.15, 0.2) is 0 Å². The lowest BCUT2D eigenvalue weighted by Crippen LogP contribution is -2.30. The van der Waals surface area contributed by atoms with Crippen LogP contribution in [0.1, 0.15) is 58.8 Å². The number of allylic oxidation sites excluding steroid dienone is 1. The standard InChI is InChI=1S/C15H27NO/c1-15(2)10-8-14(17-15)12-16-11-9-13-6-4-3-5-7-13/h6,14,16H,3-5,7-12H2,1-2H3. The number of rotatable bonds is 5. The van der Waals surface area contributed by atoms with Crippen LogP contribution in [-0.2, 0) is 4.74 Å². The van der Waals surface area contributed by atoms with E-state index in [-0.39, 0.29) is 5.60 Å². The third-order valence-corrected chi connectivity index (χ3v) is 3.93.